The van der Waals surface area contributed by atoms with E-state index in [0.717, 1.165) is 11.8 Å². The van der Waals surface area contributed by atoms with Crippen LogP contribution in [0.4, 0.5) is 0 Å². The number of hydrogen-bond donors (Lipinski definition) is 0. The van der Waals surface area contributed by atoms with Crippen LogP contribution < -0.4 is 4.74 Å². The zero-order valence-electron chi connectivity index (χ0n) is 10.7. The standard InChI is InChI=1S/C15H12N2O2/c1-10-13(9-18)8-17-11(2)15(10)19-14-5-3-4-12(6-14)7-16/h3-6,8-9H,1-2H3. The van der Waals surface area contributed by atoms with Gasteiger partial charge < -0.3 is 4.74 Å². The Kier molecular flexibility index (Phi) is 3.58. The predicted molar refractivity (Wildman–Crippen MR) is 70.3 cm³/mol. The Bertz CT molecular complexity index is 672. The predicted octanol–water partition coefficient (Wildman–Crippen LogP) is 3.17. The van der Waals surface area contributed by atoms with Gasteiger partial charge in [-0.2, -0.15) is 5.26 Å². The Morgan fingerprint density at radius 3 is 2.84 bits per heavy atom. The SMILES string of the molecule is Cc1ncc(C=O)c(C)c1Oc1cccc(C#N)c1. The van der Waals surface area contributed by atoms with Crippen LogP contribution in [0, 0.1) is 25.2 Å². The van der Waals surface area contributed by atoms with E-state index in [1.165, 1.54) is 6.20 Å². The maximum atomic E-state index is 10.9. The van der Waals surface area contributed by atoms with Crippen LogP contribution in [-0.4, -0.2) is 11.3 Å². The van der Waals surface area contributed by atoms with E-state index in [0.29, 0.717) is 28.3 Å². The van der Waals surface area contributed by atoms with E-state index in [4.69, 9.17) is 10.00 Å². The van der Waals surface area contributed by atoms with Crippen molar-refractivity contribution in [1.82, 2.24) is 4.98 Å². The van der Waals surface area contributed by atoms with Crippen LogP contribution in [0.5, 0.6) is 11.5 Å². The molecule has 4 heteroatoms. The first kappa shape index (κ1) is 12.8. The second kappa shape index (κ2) is 5.32. The molecule has 1 heterocycles. The van der Waals surface area contributed by atoms with Crippen molar-refractivity contribution in [1.29, 1.82) is 5.26 Å². The van der Waals surface area contributed by atoms with E-state index in [2.05, 4.69) is 11.1 Å². The van der Waals surface area contributed by atoms with Crippen LogP contribution in [0.3, 0.4) is 0 Å². The van der Waals surface area contributed by atoms with Crippen LogP contribution in [0.2, 0.25) is 0 Å². The van der Waals surface area contributed by atoms with Gasteiger partial charge in [-0.05, 0) is 32.0 Å². The molecular formula is C15H12N2O2. The summed E-state index contributed by atoms with van der Waals surface area (Å²) in [6, 6.07) is 8.90. The van der Waals surface area contributed by atoms with Crippen LogP contribution in [0.1, 0.15) is 27.2 Å². The fourth-order valence-corrected chi connectivity index (χ4v) is 1.74. The molecule has 0 N–H and O–H groups in total. The Labute approximate surface area is 111 Å². The summed E-state index contributed by atoms with van der Waals surface area (Å²) in [5, 5.41) is 8.86. The van der Waals surface area contributed by atoms with Gasteiger partial charge >= 0.3 is 0 Å². The third-order valence-electron chi connectivity index (χ3n) is 2.81. The van der Waals surface area contributed by atoms with Gasteiger partial charge in [0.15, 0.2) is 12.0 Å². The summed E-state index contributed by atoms with van der Waals surface area (Å²) in [5.74, 6) is 1.11. The highest BCUT2D eigenvalue weighted by Gasteiger charge is 2.11. The van der Waals surface area contributed by atoms with Crippen molar-refractivity contribution in [3.05, 3.63) is 52.8 Å². The van der Waals surface area contributed by atoms with Gasteiger partial charge in [-0.3, -0.25) is 9.78 Å². The van der Waals surface area contributed by atoms with Crippen molar-refractivity contribution in [2.45, 2.75) is 13.8 Å². The van der Waals surface area contributed by atoms with Gasteiger partial charge in [-0.15, -0.1) is 0 Å². The third kappa shape index (κ3) is 2.61. The molecule has 2 aromatic rings. The first-order valence-electron chi connectivity index (χ1n) is 5.75. The lowest BCUT2D eigenvalue weighted by molar-refractivity contribution is 0.112. The molecule has 94 valence electrons. The summed E-state index contributed by atoms with van der Waals surface area (Å²) in [5.41, 5.74) is 2.46. The van der Waals surface area contributed by atoms with Crippen LogP contribution in [0.25, 0.3) is 0 Å². The largest absolute Gasteiger partial charge is 0.455 e. The Morgan fingerprint density at radius 1 is 1.37 bits per heavy atom. The third-order valence-corrected chi connectivity index (χ3v) is 2.81. The quantitative estimate of drug-likeness (QED) is 0.787. The number of ether oxygens (including phenoxy) is 1. The van der Waals surface area contributed by atoms with E-state index >= 15 is 0 Å². The van der Waals surface area contributed by atoms with Gasteiger partial charge in [0.1, 0.15) is 5.75 Å². The van der Waals surface area contributed by atoms with Crippen molar-refractivity contribution >= 4 is 6.29 Å². The molecule has 0 unspecified atom stereocenters. The van der Waals surface area contributed by atoms with Gasteiger partial charge in [0.05, 0.1) is 17.3 Å². The van der Waals surface area contributed by atoms with Gasteiger partial charge in [0.2, 0.25) is 0 Å². The summed E-state index contributed by atoms with van der Waals surface area (Å²) in [4.78, 5) is 15.0. The minimum absolute atomic E-state index is 0.497. The Hall–Kier alpha value is -2.67. The number of pyridine rings is 1. The fraction of sp³-hybridized carbons (Fsp3) is 0.133. The van der Waals surface area contributed by atoms with Gasteiger partial charge in [0, 0.05) is 17.3 Å². The maximum absolute atomic E-state index is 10.9. The van der Waals surface area contributed by atoms with Crippen molar-refractivity contribution in [2.24, 2.45) is 0 Å². The molecule has 0 fully saturated rings. The minimum atomic E-state index is 0.497. The van der Waals surface area contributed by atoms with Crippen molar-refractivity contribution in [3.8, 4) is 17.6 Å². The van der Waals surface area contributed by atoms with Crippen molar-refractivity contribution in [3.63, 3.8) is 0 Å². The van der Waals surface area contributed by atoms with Gasteiger partial charge in [-0.1, -0.05) is 6.07 Å². The first-order chi connectivity index (χ1) is 9.15. The Balaban J connectivity index is 2.43. The zero-order chi connectivity index (χ0) is 13.8. The molecule has 1 aromatic carbocycles. The molecule has 0 radical (unpaired) electrons. The molecule has 4 nitrogen and oxygen atoms in total. The molecule has 0 aliphatic rings. The number of nitriles is 1. The second-order valence-corrected chi connectivity index (χ2v) is 4.11. The Morgan fingerprint density at radius 2 is 2.16 bits per heavy atom. The van der Waals surface area contributed by atoms with E-state index in [1.54, 1.807) is 24.3 Å². The van der Waals surface area contributed by atoms with E-state index < -0.39 is 0 Å². The molecule has 2 rings (SSSR count). The fourth-order valence-electron chi connectivity index (χ4n) is 1.74. The average molecular weight is 252 g/mol. The molecule has 0 saturated carbocycles. The van der Waals surface area contributed by atoms with E-state index in [-0.39, 0.29) is 0 Å². The highest BCUT2D eigenvalue weighted by atomic mass is 16.5. The first-order valence-corrected chi connectivity index (χ1v) is 5.75. The van der Waals surface area contributed by atoms with E-state index in [1.807, 2.05) is 13.8 Å². The maximum Gasteiger partial charge on any atom is 0.152 e. The van der Waals surface area contributed by atoms with Crippen molar-refractivity contribution < 1.29 is 9.53 Å². The highest BCUT2D eigenvalue weighted by molar-refractivity contribution is 5.78. The molecule has 0 bridgehead atoms. The molecular weight excluding hydrogens is 240 g/mol. The number of carbonyl (C=O) groups excluding carboxylic acids is 1. The molecule has 19 heavy (non-hydrogen) atoms. The lowest BCUT2D eigenvalue weighted by atomic mass is 10.1. The molecule has 1 aromatic heterocycles. The average Bonchev–Trinajstić information content (AvgIpc) is 2.44. The number of nitrogens with zero attached hydrogens (tertiary/aromatic N) is 2. The van der Waals surface area contributed by atoms with Gasteiger partial charge in [-0.25, -0.2) is 0 Å². The number of carbonyl (C=O) groups is 1. The highest BCUT2D eigenvalue weighted by Crippen LogP contribution is 2.29. The summed E-state index contributed by atoms with van der Waals surface area (Å²) < 4.78 is 5.75. The number of aryl methyl sites for hydroxylation is 1. The smallest absolute Gasteiger partial charge is 0.152 e. The minimum Gasteiger partial charge on any atom is -0.455 e. The number of benzene rings is 1. The lowest BCUT2D eigenvalue weighted by Crippen LogP contribution is -1.98. The normalized spacial score (nSPS) is 9.74. The van der Waals surface area contributed by atoms with Crippen LogP contribution in [-0.2, 0) is 0 Å². The zero-order valence-corrected chi connectivity index (χ0v) is 10.7. The van der Waals surface area contributed by atoms with E-state index in [9.17, 15) is 4.79 Å². The number of hydrogen-bond acceptors (Lipinski definition) is 4. The molecule has 0 saturated heterocycles. The molecule has 0 amide bonds. The number of rotatable bonds is 3. The second-order valence-electron chi connectivity index (χ2n) is 4.11. The molecule has 0 aliphatic carbocycles. The van der Waals surface area contributed by atoms with Crippen LogP contribution >= 0.6 is 0 Å². The number of aromatic nitrogens is 1. The number of aldehydes is 1. The monoisotopic (exact) mass is 252 g/mol. The lowest BCUT2D eigenvalue weighted by Gasteiger charge is -2.12. The van der Waals surface area contributed by atoms with Gasteiger partial charge in [0.25, 0.3) is 0 Å². The van der Waals surface area contributed by atoms with Crippen molar-refractivity contribution in [2.75, 3.05) is 0 Å². The topological polar surface area (TPSA) is 63.0 Å². The summed E-state index contributed by atoms with van der Waals surface area (Å²) in [7, 11) is 0. The summed E-state index contributed by atoms with van der Waals surface area (Å²) in [6.45, 7) is 3.62. The van der Waals surface area contributed by atoms with Crippen LogP contribution in [0.15, 0.2) is 30.5 Å². The summed E-state index contributed by atoms with van der Waals surface area (Å²) >= 11 is 0. The molecule has 0 aliphatic heterocycles. The molecule has 0 spiro atoms. The molecule has 0 atom stereocenters. The summed E-state index contributed by atoms with van der Waals surface area (Å²) in [6.07, 6.45) is 2.27.